The lowest BCUT2D eigenvalue weighted by molar-refractivity contribution is 0.0678. The molecule has 3 aliphatic rings. The number of thiazole rings is 1. The standard InChI is InChI=1S/C18H29N3O2S/c1-22-12-16-10-18(14-21(16)11-17-19-5-9-24-17)3-6-20(7-4-18)15-2-8-23-13-15/h5,9,15-16H,2-4,6-8,10-14H2,1H3/t15-,16-/m1/s1. The van der Waals surface area contributed by atoms with Gasteiger partial charge < -0.3 is 9.47 Å². The zero-order valence-corrected chi connectivity index (χ0v) is 15.5. The molecule has 0 aromatic carbocycles. The lowest BCUT2D eigenvalue weighted by Gasteiger charge is -2.41. The summed E-state index contributed by atoms with van der Waals surface area (Å²) in [6.45, 7) is 7.38. The molecule has 6 heteroatoms. The number of likely N-dealkylation sites (tertiary alicyclic amines) is 2. The second-order valence-electron chi connectivity index (χ2n) is 7.70. The van der Waals surface area contributed by atoms with Gasteiger partial charge in [0.1, 0.15) is 5.01 Å². The van der Waals surface area contributed by atoms with Crippen LogP contribution >= 0.6 is 11.3 Å². The van der Waals surface area contributed by atoms with Crippen LogP contribution in [0.15, 0.2) is 11.6 Å². The molecular weight excluding hydrogens is 322 g/mol. The van der Waals surface area contributed by atoms with Gasteiger partial charge in [-0.05, 0) is 44.2 Å². The van der Waals surface area contributed by atoms with Crippen molar-refractivity contribution in [1.29, 1.82) is 0 Å². The van der Waals surface area contributed by atoms with Crippen molar-refractivity contribution in [2.24, 2.45) is 5.41 Å². The Morgan fingerprint density at radius 1 is 1.42 bits per heavy atom. The highest BCUT2D eigenvalue weighted by Gasteiger charge is 2.46. The van der Waals surface area contributed by atoms with E-state index in [4.69, 9.17) is 9.47 Å². The summed E-state index contributed by atoms with van der Waals surface area (Å²) < 4.78 is 11.1. The van der Waals surface area contributed by atoms with Gasteiger partial charge in [0.05, 0.1) is 19.8 Å². The molecule has 24 heavy (non-hydrogen) atoms. The maximum Gasteiger partial charge on any atom is 0.107 e. The fourth-order valence-corrected chi connectivity index (χ4v) is 5.48. The molecule has 0 bridgehead atoms. The van der Waals surface area contributed by atoms with Gasteiger partial charge in [0, 0.05) is 43.9 Å². The highest BCUT2D eigenvalue weighted by Crippen LogP contribution is 2.44. The molecule has 134 valence electrons. The Kier molecular flexibility index (Phi) is 5.20. The average Bonchev–Trinajstić information content (AvgIpc) is 3.32. The van der Waals surface area contributed by atoms with Crippen LogP contribution in [0.5, 0.6) is 0 Å². The maximum absolute atomic E-state index is 5.58. The van der Waals surface area contributed by atoms with E-state index in [2.05, 4.69) is 20.2 Å². The van der Waals surface area contributed by atoms with Crippen LogP contribution in [0, 0.1) is 5.41 Å². The molecule has 2 atom stereocenters. The topological polar surface area (TPSA) is 37.8 Å². The van der Waals surface area contributed by atoms with Crippen molar-refractivity contribution in [2.45, 2.75) is 44.3 Å². The number of hydrogen-bond acceptors (Lipinski definition) is 6. The minimum absolute atomic E-state index is 0.483. The van der Waals surface area contributed by atoms with Crippen LogP contribution in [0.2, 0.25) is 0 Å². The maximum atomic E-state index is 5.58. The van der Waals surface area contributed by atoms with E-state index in [0.29, 0.717) is 17.5 Å². The third-order valence-electron chi connectivity index (χ3n) is 6.19. The normalized spacial score (nSPS) is 31.2. The van der Waals surface area contributed by atoms with Crippen molar-refractivity contribution in [3.05, 3.63) is 16.6 Å². The molecule has 1 aromatic heterocycles. The Morgan fingerprint density at radius 2 is 2.29 bits per heavy atom. The summed E-state index contributed by atoms with van der Waals surface area (Å²) in [5.41, 5.74) is 0.483. The summed E-state index contributed by atoms with van der Waals surface area (Å²) in [5.74, 6) is 0. The summed E-state index contributed by atoms with van der Waals surface area (Å²) in [6.07, 6.45) is 7.05. The van der Waals surface area contributed by atoms with E-state index in [-0.39, 0.29) is 0 Å². The highest BCUT2D eigenvalue weighted by molar-refractivity contribution is 7.09. The van der Waals surface area contributed by atoms with Gasteiger partial charge in [0.25, 0.3) is 0 Å². The second-order valence-corrected chi connectivity index (χ2v) is 8.68. The van der Waals surface area contributed by atoms with Crippen LogP contribution in [-0.2, 0) is 16.0 Å². The SMILES string of the molecule is COC[C@H]1CC2(CCN([C@@H]3CCOC3)CC2)CN1Cc1nccs1. The Hall–Kier alpha value is -0.530. The molecule has 3 saturated heterocycles. The van der Waals surface area contributed by atoms with Crippen molar-refractivity contribution < 1.29 is 9.47 Å². The van der Waals surface area contributed by atoms with Crippen molar-refractivity contribution >= 4 is 11.3 Å². The lowest BCUT2D eigenvalue weighted by atomic mass is 9.76. The minimum Gasteiger partial charge on any atom is -0.383 e. The number of ether oxygens (including phenoxy) is 2. The van der Waals surface area contributed by atoms with E-state index in [1.54, 1.807) is 11.3 Å². The molecule has 0 saturated carbocycles. The predicted octanol–water partition coefficient (Wildman–Crippen LogP) is 2.23. The molecule has 0 amide bonds. The Balaban J connectivity index is 1.38. The van der Waals surface area contributed by atoms with Gasteiger partial charge in [0.2, 0.25) is 0 Å². The summed E-state index contributed by atoms with van der Waals surface area (Å²) in [4.78, 5) is 9.78. The monoisotopic (exact) mass is 351 g/mol. The van der Waals surface area contributed by atoms with Crippen LogP contribution in [0.1, 0.15) is 30.7 Å². The van der Waals surface area contributed by atoms with E-state index in [1.807, 2.05) is 13.3 Å². The van der Waals surface area contributed by atoms with Gasteiger partial charge in [-0.2, -0.15) is 0 Å². The van der Waals surface area contributed by atoms with Gasteiger partial charge in [-0.3, -0.25) is 9.80 Å². The second kappa shape index (κ2) is 7.38. The van der Waals surface area contributed by atoms with Crippen LogP contribution in [0.4, 0.5) is 0 Å². The minimum atomic E-state index is 0.483. The first-order valence-electron chi connectivity index (χ1n) is 9.21. The molecule has 4 rings (SSSR count). The number of piperidine rings is 1. The molecule has 4 heterocycles. The molecule has 3 fully saturated rings. The molecule has 1 aromatic rings. The molecule has 3 aliphatic heterocycles. The summed E-state index contributed by atoms with van der Waals surface area (Å²) in [7, 11) is 1.83. The van der Waals surface area contributed by atoms with Crippen LogP contribution in [0.3, 0.4) is 0 Å². The smallest absolute Gasteiger partial charge is 0.107 e. The average molecular weight is 352 g/mol. The first-order valence-corrected chi connectivity index (χ1v) is 10.1. The van der Waals surface area contributed by atoms with Crippen molar-refractivity contribution in [2.75, 3.05) is 46.6 Å². The van der Waals surface area contributed by atoms with Crippen LogP contribution in [-0.4, -0.2) is 73.4 Å². The number of nitrogens with zero attached hydrogens (tertiary/aromatic N) is 3. The Labute approximate surface area is 148 Å². The number of methoxy groups -OCH3 is 1. The van der Waals surface area contributed by atoms with Gasteiger partial charge >= 0.3 is 0 Å². The van der Waals surface area contributed by atoms with Crippen LogP contribution < -0.4 is 0 Å². The lowest BCUT2D eigenvalue weighted by Crippen LogP contribution is -2.46. The quantitative estimate of drug-likeness (QED) is 0.813. The fourth-order valence-electron chi connectivity index (χ4n) is 4.84. The Morgan fingerprint density at radius 3 is 2.96 bits per heavy atom. The molecule has 0 radical (unpaired) electrons. The van der Waals surface area contributed by atoms with E-state index < -0.39 is 0 Å². The van der Waals surface area contributed by atoms with Crippen molar-refractivity contribution in [3.63, 3.8) is 0 Å². The summed E-state index contributed by atoms with van der Waals surface area (Å²) in [6, 6.07) is 1.21. The van der Waals surface area contributed by atoms with Crippen LogP contribution in [0.25, 0.3) is 0 Å². The zero-order valence-electron chi connectivity index (χ0n) is 14.7. The van der Waals surface area contributed by atoms with E-state index >= 15 is 0 Å². The molecule has 0 aliphatic carbocycles. The first-order chi connectivity index (χ1) is 11.8. The largest absolute Gasteiger partial charge is 0.383 e. The molecular formula is C18H29N3O2S. The van der Waals surface area contributed by atoms with E-state index in [1.165, 1.54) is 50.3 Å². The van der Waals surface area contributed by atoms with E-state index in [0.717, 1.165) is 26.4 Å². The first kappa shape index (κ1) is 16.9. The van der Waals surface area contributed by atoms with Gasteiger partial charge in [-0.1, -0.05) is 0 Å². The summed E-state index contributed by atoms with van der Waals surface area (Å²) >= 11 is 1.77. The fraction of sp³-hybridized carbons (Fsp3) is 0.833. The highest BCUT2D eigenvalue weighted by atomic mass is 32.1. The third kappa shape index (κ3) is 3.53. The van der Waals surface area contributed by atoms with Crippen molar-refractivity contribution in [1.82, 2.24) is 14.8 Å². The number of rotatable bonds is 5. The van der Waals surface area contributed by atoms with Gasteiger partial charge in [0.15, 0.2) is 0 Å². The summed E-state index contributed by atoms with van der Waals surface area (Å²) in [5, 5.41) is 3.31. The zero-order chi connectivity index (χ0) is 16.4. The van der Waals surface area contributed by atoms with Crippen molar-refractivity contribution in [3.8, 4) is 0 Å². The molecule has 1 spiro atoms. The molecule has 5 nitrogen and oxygen atoms in total. The predicted molar refractivity (Wildman–Crippen MR) is 95.3 cm³/mol. The number of aromatic nitrogens is 1. The van der Waals surface area contributed by atoms with E-state index in [9.17, 15) is 0 Å². The Bertz CT molecular complexity index is 510. The van der Waals surface area contributed by atoms with Gasteiger partial charge in [-0.25, -0.2) is 4.98 Å². The molecule has 0 unspecified atom stereocenters. The number of hydrogen-bond donors (Lipinski definition) is 0. The van der Waals surface area contributed by atoms with Gasteiger partial charge in [-0.15, -0.1) is 11.3 Å². The molecule has 0 N–H and O–H groups in total. The third-order valence-corrected chi connectivity index (χ3v) is 6.95.